The lowest BCUT2D eigenvalue weighted by Crippen LogP contribution is -2.19. The van der Waals surface area contributed by atoms with Crippen LogP contribution in [0.5, 0.6) is 5.88 Å². The second-order valence-electron chi connectivity index (χ2n) is 5.07. The number of rotatable bonds is 6. The molecular formula is C15H12ClF3N4OS. The number of hydrogen-bond donors (Lipinski definition) is 1. The summed E-state index contributed by atoms with van der Waals surface area (Å²) in [5.74, 6) is 0.589. The predicted molar refractivity (Wildman–Crippen MR) is 90.4 cm³/mol. The molecule has 0 amide bonds. The van der Waals surface area contributed by atoms with E-state index in [0.717, 1.165) is 15.8 Å². The van der Waals surface area contributed by atoms with Crippen molar-refractivity contribution in [2.75, 3.05) is 18.5 Å². The zero-order valence-corrected chi connectivity index (χ0v) is 14.3. The van der Waals surface area contributed by atoms with Gasteiger partial charge in [-0.15, -0.1) is 11.3 Å². The second kappa shape index (κ2) is 7.40. The van der Waals surface area contributed by atoms with Gasteiger partial charge in [-0.25, -0.2) is 15.0 Å². The molecule has 3 rings (SSSR count). The Labute approximate surface area is 149 Å². The normalized spacial score (nSPS) is 11.7. The molecule has 25 heavy (non-hydrogen) atoms. The minimum atomic E-state index is -4.38. The molecule has 0 aliphatic heterocycles. The van der Waals surface area contributed by atoms with E-state index < -0.39 is 12.8 Å². The van der Waals surface area contributed by atoms with Gasteiger partial charge in [-0.2, -0.15) is 13.2 Å². The monoisotopic (exact) mass is 388 g/mol. The number of nitrogens with one attached hydrogen (secondary N) is 1. The van der Waals surface area contributed by atoms with Crippen molar-refractivity contribution < 1.29 is 17.9 Å². The first-order chi connectivity index (χ1) is 11.9. The zero-order chi connectivity index (χ0) is 17.9. The van der Waals surface area contributed by atoms with E-state index in [2.05, 4.69) is 25.0 Å². The van der Waals surface area contributed by atoms with Crippen molar-refractivity contribution in [1.29, 1.82) is 0 Å². The third-order valence-electron chi connectivity index (χ3n) is 3.21. The van der Waals surface area contributed by atoms with Crippen LogP contribution in [0.25, 0.3) is 10.2 Å². The molecular weight excluding hydrogens is 377 g/mol. The fourth-order valence-electron chi connectivity index (χ4n) is 2.10. The van der Waals surface area contributed by atoms with Gasteiger partial charge >= 0.3 is 6.18 Å². The van der Waals surface area contributed by atoms with Crippen molar-refractivity contribution >= 4 is 39.0 Å². The Balaban J connectivity index is 1.56. The number of hydrogen-bond acceptors (Lipinski definition) is 6. The van der Waals surface area contributed by atoms with Crippen LogP contribution in [0.15, 0.2) is 30.0 Å². The average Bonchev–Trinajstić information content (AvgIpc) is 2.96. The van der Waals surface area contributed by atoms with Crippen LogP contribution in [-0.4, -0.2) is 34.3 Å². The lowest BCUT2D eigenvalue weighted by atomic mass is 10.2. The van der Waals surface area contributed by atoms with Crippen LogP contribution in [0.2, 0.25) is 5.02 Å². The SMILES string of the molecule is FC(F)(F)COc1ccc(CCNc2ncnc3scc(Cl)c23)cn1. The highest BCUT2D eigenvalue weighted by Gasteiger charge is 2.28. The molecule has 3 aromatic heterocycles. The highest BCUT2D eigenvalue weighted by atomic mass is 35.5. The van der Waals surface area contributed by atoms with E-state index in [-0.39, 0.29) is 5.88 Å². The molecule has 5 nitrogen and oxygen atoms in total. The summed E-state index contributed by atoms with van der Waals surface area (Å²) in [6.45, 7) is -0.797. The highest BCUT2D eigenvalue weighted by Crippen LogP contribution is 2.32. The molecule has 0 aromatic carbocycles. The van der Waals surface area contributed by atoms with Crippen molar-refractivity contribution in [2.24, 2.45) is 0 Å². The van der Waals surface area contributed by atoms with Gasteiger partial charge < -0.3 is 10.1 Å². The van der Waals surface area contributed by atoms with E-state index in [1.807, 2.05) is 0 Å². The Kier molecular flexibility index (Phi) is 5.24. The first-order valence-electron chi connectivity index (χ1n) is 7.18. The number of halogens is 4. The van der Waals surface area contributed by atoms with Crippen molar-refractivity contribution in [3.63, 3.8) is 0 Å². The maximum atomic E-state index is 12.1. The lowest BCUT2D eigenvalue weighted by Gasteiger charge is -2.09. The molecule has 0 atom stereocenters. The third kappa shape index (κ3) is 4.70. The van der Waals surface area contributed by atoms with Crippen LogP contribution in [0.3, 0.4) is 0 Å². The van der Waals surface area contributed by atoms with Crippen LogP contribution in [0, 0.1) is 0 Å². The molecule has 0 aliphatic rings. The Morgan fingerprint density at radius 3 is 2.76 bits per heavy atom. The molecule has 0 saturated heterocycles. The highest BCUT2D eigenvalue weighted by molar-refractivity contribution is 7.17. The second-order valence-corrected chi connectivity index (χ2v) is 6.34. The lowest BCUT2D eigenvalue weighted by molar-refractivity contribution is -0.154. The Hall–Kier alpha value is -2.13. The number of thiophene rings is 1. The van der Waals surface area contributed by atoms with Gasteiger partial charge in [0.25, 0.3) is 0 Å². The van der Waals surface area contributed by atoms with E-state index in [1.54, 1.807) is 11.4 Å². The Morgan fingerprint density at radius 2 is 2.04 bits per heavy atom. The predicted octanol–water partition coefficient (Wildman–Crippen LogP) is 4.34. The number of anilines is 1. The van der Waals surface area contributed by atoms with E-state index >= 15 is 0 Å². The molecule has 3 heterocycles. The summed E-state index contributed by atoms with van der Waals surface area (Å²) in [7, 11) is 0. The van der Waals surface area contributed by atoms with Crippen molar-refractivity contribution in [2.45, 2.75) is 12.6 Å². The summed E-state index contributed by atoms with van der Waals surface area (Å²) in [6.07, 6.45) is -0.817. The molecule has 0 spiro atoms. The van der Waals surface area contributed by atoms with Gasteiger partial charge in [0.1, 0.15) is 17.0 Å². The van der Waals surface area contributed by atoms with Crippen LogP contribution in [-0.2, 0) is 6.42 Å². The number of fused-ring (bicyclic) bond motifs is 1. The van der Waals surface area contributed by atoms with Gasteiger partial charge in [-0.05, 0) is 12.0 Å². The van der Waals surface area contributed by atoms with E-state index in [4.69, 9.17) is 11.6 Å². The summed E-state index contributed by atoms with van der Waals surface area (Å²) in [4.78, 5) is 13.0. The first kappa shape index (κ1) is 17.7. The van der Waals surface area contributed by atoms with Crippen LogP contribution in [0.4, 0.5) is 19.0 Å². The molecule has 3 aromatic rings. The maximum Gasteiger partial charge on any atom is 0.422 e. The summed E-state index contributed by atoms with van der Waals surface area (Å²) in [5.41, 5.74) is 0.855. The molecule has 0 bridgehead atoms. The molecule has 10 heteroatoms. The minimum absolute atomic E-state index is 0.0587. The van der Waals surface area contributed by atoms with Crippen molar-refractivity contribution in [1.82, 2.24) is 15.0 Å². The Bertz CT molecular complexity index is 854. The first-order valence-corrected chi connectivity index (χ1v) is 8.44. The van der Waals surface area contributed by atoms with Crippen molar-refractivity contribution in [3.05, 3.63) is 40.6 Å². The van der Waals surface area contributed by atoms with Crippen molar-refractivity contribution in [3.8, 4) is 5.88 Å². The number of alkyl halides is 3. The number of ether oxygens (including phenoxy) is 1. The molecule has 0 aliphatic carbocycles. The molecule has 0 radical (unpaired) electrons. The third-order valence-corrected chi connectivity index (χ3v) is 4.53. The average molecular weight is 389 g/mol. The summed E-state index contributed by atoms with van der Waals surface area (Å²) in [5, 5.41) is 6.36. The standard InChI is InChI=1S/C15H12ClF3N4OS/c16-10-6-25-14-12(10)13(22-8-23-14)20-4-3-9-1-2-11(21-5-9)24-7-15(17,18)19/h1-2,5-6,8H,3-4,7H2,(H,20,22,23). The fourth-order valence-corrected chi connectivity index (χ4v) is 3.23. The van der Waals surface area contributed by atoms with Crippen LogP contribution < -0.4 is 10.1 Å². The summed E-state index contributed by atoms with van der Waals surface area (Å²) < 4.78 is 40.8. The van der Waals surface area contributed by atoms with Gasteiger partial charge in [0.2, 0.25) is 5.88 Å². The topological polar surface area (TPSA) is 59.9 Å². The van der Waals surface area contributed by atoms with E-state index in [9.17, 15) is 13.2 Å². The van der Waals surface area contributed by atoms with Gasteiger partial charge in [0.15, 0.2) is 6.61 Å². The van der Waals surface area contributed by atoms with E-state index in [1.165, 1.54) is 29.9 Å². The van der Waals surface area contributed by atoms with Gasteiger partial charge in [-0.3, -0.25) is 0 Å². The molecule has 132 valence electrons. The van der Waals surface area contributed by atoms with E-state index in [0.29, 0.717) is 23.8 Å². The minimum Gasteiger partial charge on any atom is -0.468 e. The molecule has 0 fully saturated rings. The number of nitrogens with zero attached hydrogens (tertiary/aromatic N) is 3. The Morgan fingerprint density at radius 1 is 1.20 bits per heavy atom. The molecule has 1 N–H and O–H groups in total. The van der Waals surface area contributed by atoms with Gasteiger partial charge in [0, 0.05) is 24.2 Å². The van der Waals surface area contributed by atoms with Crippen LogP contribution >= 0.6 is 22.9 Å². The zero-order valence-electron chi connectivity index (χ0n) is 12.7. The smallest absolute Gasteiger partial charge is 0.422 e. The van der Waals surface area contributed by atoms with Gasteiger partial charge in [-0.1, -0.05) is 17.7 Å². The number of pyridine rings is 1. The maximum absolute atomic E-state index is 12.1. The van der Waals surface area contributed by atoms with Gasteiger partial charge in [0.05, 0.1) is 10.4 Å². The summed E-state index contributed by atoms with van der Waals surface area (Å²) >= 11 is 7.58. The quantitative estimate of drug-likeness (QED) is 0.680. The largest absolute Gasteiger partial charge is 0.468 e. The summed E-state index contributed by atoms with van der Waals surface area (Å²) in [6, 6.07) is 3.09. The molecule has 0 saturated carbocycles. The number of aromatic nitrogens is 3. The molecule has 0 unspecified atom stereocenters. The van der Waals surface area contributed by atoms with Crippen LogP contribution in [0.1, 0.15) is 5.56 Å². The fraction of sp³-hybridized carbons (Fsp3) is 0.267.